The van der Waals surface area contributed by atoms with Crippen molar-refractivity contribution in [2.45, 2.75) is 32.6 Å². The molecule has 1 atom stereocenters. The molecule has 3 rings (SSSR count). The van der Waals surface area contributed by atoms with Gasteiger partial charge in [-0.2, -0.15) is 5.10 Å². The molecule has 1 fully saturated rings. The molecule has 1 aliphatic heterocycles. The Kier molecular flexibility index (Phi) is 4.60. The zero-order valence-electron chi connectivity index (χ0n) is 14.9. The molecule has 1 aromatic carbocycles. The number of aromatic nitrogens is 2. The Labute approximate surface area is 143 Å². The number of piperidine rings is 1. The topological polar surface area (TPSA) is 47.4 Å². The predicted molar refractivity (Wildman–Crippen MR) is 93.6 cm³/mol. The minimum absolute atomic E-state index is 0.0939. The van der Waals surface area contributed by atoms with Crippen LogP contribution in [0.15, 0.2) is 24.4 Å². The van der Waals surface area contributed by atoms with Crippen LogP contribution in [0.4, 0.5) is 0 Å². The molecule has 5 heteroatoms. The summed E-state index contributed by atoms with van der Waals surface area (Å²) in [6.07, 6.45) is 3.96. The van der Waals surface area contributed by atoms with Gasteiger partial charge in [-0.1, -0.05) is 6.07 Å². The number of carbonyl (C=O) groups is 1. The Morgan fingerprint density at radius 3 is 2.75 bits per heavy atom. The lowest BCUT2D eigenvalue weighted by molar-refractivity contribution is 0.0706. The molecule has 1 amide bonds. The van der Waals surface area contributed by atoms with E-state index >= 15 is 0 Å². The van der Waals surface area contributed by atoms with Crippen molar-refractivity contribution >= 4 is 5.91 Å². The first-order chi connectivity index (χ1) is 11.5. The summed E-state index contributed by atoms with van der Waals surface area (Å²) in [4.78, 5) is 14.8. The summed E-state index contributed by atoms with van der Waals surface area (Å²) < 4.78 is 7.00. The zero-order valence-corrected chi connectivity index (χ0v) is 14.9. The van der Waals surface area contributed by atoms with Gasteiger partial charge in [0.2, 0.25) is 0 Å². The maximum Gasteiger partial charge on any atom is 0.257 e. The average Bonchev–Trinajstić information content (AvgIpc) is 2.92. The number of likely N-dealkylation sites (tertiary alicyclic amines) is 1. The van der Waals surface area contributed by atoms with Crippen molar-refractivity contribution in [1.29, 1.82) is 0 Å². The quantitative estimate of drug-likeness (QED) is 0.870. The Morgan fingerprint density at radius 2 is 2.12 bits per heavy atom. The number of aryl methyl sites for hydroxylation is 3. The maximum absolute atomic E-state index is 12.8. The highest BCUT2D eigenvalue weighted by Crippen LogP contribution is 2.31. The second kappa shape index (κ2) is 6.67. The van der Waals surface area contributed by atoms with Crippen LogP contribution in [-0.2, 0) is 7.05 Å². The van der Waals surface area contributed by atoms with Crippen LogP contribution in [0.1, 0.15) is 45.9 Å². The van der Waals surface area contributed by atoms with Gasteiger partial charge < -0.3 is 9.64 Å². The second-order valence-corrected chi connectivity index (χ2v) is 6.61. The minimum Gasteiger partial charge on any atom is -0.497 e. The van der Waals surface area contributed by atoms with Crippen LogP contribution in [0.25, 0.3) is 0 Å². The van der Waals surface area contributed by atoms with Gasteiger partial charge in [-0.25, -0.2) is 0 Å². The first-order valence-electron chi connectivity index (χ1n) is 8.43. The van der Waals surface area contributed by atoms with Crippen molar-refractivity contribution in [3.63, 3.8) is 0 Å². The molecular formula is C19H25N3O2. The van der Waals surface area contributed by atoms with Crippen molar-refractivity contribution in [3.05, 3.63) is 46.8 Å². The third-order valence-electron chi connectivity index (χ3n) is 4.87. The van der Waals surface area contributed by atoms with Crippen LogP contribution in [0.2, 0.25) is 0 Å². The third kappa shape index (κ3) is 3.16. The third-order valence-corrected chi connectivity index (χ3v) is 4.87. The van der Waals surface area contributed by atoms with Crippen LogP contribution in [-0.4, -0.2) is 40.8 Å². The molecule has 1 aromatic heterocycles. The summed E-state index contributed by atoms with van der Waals surface area (Å²) in [6, 6.07) is 6.22. The van der Waals surface area contributed by atoms with E-state index in [1.807, 2.05) is 31.1 Å². The van der Waals surface area contributed by atoms with Crippen LogP contribution >= 0.6 is 0 Å². The summed E-state index contributed by atoms with van der Waals surface area (Å²) >= 11 is 0. The van der Waals surface area contributed by atoms with E-state index in [-0.39, 0.29) is 5.91 Å². The monoisotopic (exact) mass is 327 g/mol. The predicted octanol–water partition coefficient (Wildman–Crippen LogP) is 3.07. The molecule has 0 bridgehead atoms. The molecule has 0 radical (unpaired) electrons. The highest BCUT2D eigenvalue weighted by Gasteiger charge is 2.27. The number of ether oxygens (including phenoxy) is 1. The lowest BCUT2D eigenvalue weighted by Gasteiger charge is -2.33. The number of hydrogen-bond acceptors (Lipinski definition) is 3. The molecule has 5 nitrogen and oxygen atoms in total. The van der Waals surface area contributed by atoms with E-state index in [4.69, 9.17) is 4.74 Å². The zero-order chi connectivity index (χ0) is 17.3. The summed E-state index contributed by atoms with van der Waals surface area (Å²) in [5.74, 6) is 1.35. The van der Waals surface area contributed by atoms with Gasteiger partial charge in [-0.15, -0.1) is 0 Å². The molecule has 128 valence electrons. The summed E-state index contributed by atoms with van der Waals surface area (Å²) in [7, 11) is 3.54. The van der Waals surface area contributed by atoms with Gasteiger partial charge in [0.05, 0.1) is 18.4 Å². The van der Waals surface area contributed by atoms with E-state index in [1.54, 1.807) is 11.8 Å². The van der Waals surface area contributed by atoms with E-state index in [2.05, 4.69) is 24.2 Å². The maximum atomic E-state index is 12.8. The fourth-order valence-electron chi connectivity index (χ4n) is 3.63. The molecular weight excluding hydrogens is 302 g/mol. The number of carbonyl (C=O) groups excluding carboxylic acids is 1. The van der Waals surface area contributed by atoms with Gasteiger partial charge in [0, 0.05) is 32.3 Å². The highest BCUT2D eigenvalue weighted by molar-refractivity contribution is 5.95. The molecule has 1 saturated heterocycles. The summed E-state index contributed by atoms with van der Waals surface area (Å²) in [5, 5.41) is 4.29. The number of benzene rings is 1. The van der Waals surface area contributed by atoms with Gasteiger partial charge in [0.25, 0.3) is 5.91 Å². The van der Waals surface area contributed by atoms with Gasteiger partial charge >= 0.3 is 0 Å². The Hall–Kier alpha value is -2.30. The number of hydrogen-bond donors (Lipinski definition) is 0. The normalized spacial score (nSPS) is 17.8. The molecule has 0 saturated carbocycles. The van der Waals surface area contributed by atoms with Crippen LogP contribution in [0, 0.1) is 13.8 Å². The number of rotatable bonds is 3. The number of nitrogens with zero attached hydrogens (tertiary/aromatic N) is 3. The Bertz CT molecular complexity index is 751. The number of methoxy groups -OCH3 is 1. The van der Waals surface area contributed by atoms with E-state index in [1.165, 1.54) is 11.1 Å². The van der Waals surface area contributed by atoms with Gasteiger partial charge in [-0.3, -0.25) is 9.48 Å². The van der Waals surface area contributed by atoms with Crippen molar-refractivity contribution in [2.75, 3.05) is 20.2 Å². The highest BCUT2D eigenvalue weighted by atomic mass is 16.5. The van der Waals surface area contributed by atoms with Crippen LogP contribution in [0.3, 0.4) is 0 Å². The standard InChI is InChI=1S/C19H25N3O2/c1-13-10-16(24-4)7-8-17(13)15-6-5-9-22(11-15)19(23)18-12-21(3)20-14(18)2/h7-8,10,12,15H,5-6,9,11H2,1-4H3. The minimum atomic E-state index is 0.0939. The van der Waals surface area contributed by atoms with Crippen molar-refractivity contribution < 1.29 is 9.53 Å². The first kappa shape index (κ1) is 16.6. The smallest absolute Gasteiger partial charge is 0.257 e. The fourth-order valence-corrected chi connectivity index (χ4v) is 3.63. The molecule has 0 aliphatic carbocycles. The van der Waals surface area contributed by atoms with E-state index in [9.17, 15) is 4.79 Å². The van der Waals surface area contributed by atoms with Gasteiger partial charge in [0.1, 0.15) is 5.75 Å². The molecule has 0 N–H and O–H groups in total. The van der Waals surface area contributed by atoms with Crippen molar-refractivity contribution in [2.24, 2.45) is 7.05 Å². The molecule has 0 spiro atoms. The van der Waals surface area contributed by atoms with E-state index in [0.717, 1.165) is 37.4 Å². The Morgan fingerprint density at radius 1 is 1.33 bits per heavy atom. The molecule has 24 heavy (non-hydrogen) atoms. The van der Waals surface area contributed by atoms with Gasteiger partial charge in [-0.05, 0) is 49.9 Å². The molecule has 1 unspecified atom stereocenters. The van der Waals surface area contributed by atoms with Crippen LogP contribution in [0.5, 0.6) is 5.75 Å². The summed E-state index contributed by atoms with van der Waals surface area (Å²) in [6.45, 7) is 5.59. The largest absolute Gasteiger partial charge is 0.497 e. The van der Waals surface area contributed by atoms with Gasteiger partial charge in [0.15, 0.2) is 0 Å². The molecule has 2 aromatic rings. The second-order valence-electron chi connectivity index (χ2n) is 6.61. The van der Waals surface area contributed by atoms with Crippen molar-refractivity contribution in [3.8, 4) is 5.75 Å². The first-order valence-corrected chi connectivity index (χ1v) is 8.43. The molecule has 1 aliphatic rings. The lowest BCUT2D eigenvalue weighted by atomic mass is 9.87. The number of amides is 1. The average molecular weight is 327 g/mol. The lowest BCUT2D eigenvalue weighted by Crippen LogP contribution is -2.39. The SMILES string of the molecule is COc1ccc(C2CCCN(C(=O)c3cn(C)nc3C)C2)c(C)c1. The molecule has 2 heterocycles. The van der Waals surface area contributed by atoms with E-state index < -0.39 is 0 Å². The summed E-state index contributed by atoms with van der Waals surface area (Å²) in [5.41, 5.74) is 4.05. The van der Waals surface area contributed by atoms with E-state index in [0.29, 0.717) is 11.5 Å². The fraction of sp³-hybridized carbons (Fsp3) is 0.474. The Balaban J connectivity index is 1.79. The van der Waals surface area contributed by atoms with Crippen molar-refractivity contribution in [1.82, 2.24) is 14.7 Å². The van der Waals surface area contributed by atoms with Crippen LogP contribution < -0.4 is 4.74 Å².